The van der Waals surface area contributed by atoms with Crippen molar-refractivity contribution >= 4 is 41.3 Å². The number of pyridine rings is 1. The molecule has 1 aliphatic heterocycles. The number of fused-ring (bicyclic) bond motifs is 1. The molecule has 2 aromatic heterocycles. The third-order valence-corrected chi connectivity index (χ3v) is 8.02. The van der Waals surface area contributed by atoms with Crippen LogP contribution in [-0.4, -0.2) is 43.5 Å². The Hall–Kier alpha value is -3.83. The highest BCUT2D eigenvalue weighted by molar-refractivity contribution is 5.95. The number of nitrogens with two attached hydrogens (primary N) is 1. The number of ether oxygens (including phenoxy) is 1. The number of nitrogen functional groups attached to an aromatic ring is 1. The van der Waals surface area contributed by atoms with Gasteiger partial charge in [-0.25, -0.2) is 25.0 Å². The smallest absolute Gasteiger partial charge is 0.384 e. The van der Waals surface area contributed by atoms with Crippen LogP contribution in [0.1, 0.15) is 61.0 Å². The first kappa shape index (κ1) is 26.8. The van der Waals surface area contributed by atoms with Crippen molar-refractivity contribution in [1.29, 1.82) is 5.41 Å². The minimum Gasteiger partial charge on any atom is -0.384 e. The molecule has 0 spiro atoms. The van der Waals surface area contributed by atoms with Crippen LogP contribution in [0.25, 0.3) is 11.0 Å². The average molecular weight is 552 g/mol. The summed E-state index contributed by atoms with van der Waals surface area (Å²) in [6, 6.07) is 8.59. The Kier molecular flexibility index (Phi) is 6.90. The van der Waals surface area contributed by atoms with Gasteiger partial charge in [0.1, 0.15) is 11.5 Å². The number of carbonyl (C=O) groups excluding carboxylic acids is 2. The number of aromatic nitrogens is 3. The molecule has 1 unspecified atom stereocenters. The fourth-order valence-corrected chi connectivity index (χ4v) is 5.69. The third kappa shape index (κ3) is 4.76. The molecule has 4 N–H and O–H groups in total. The van der Waals surface area contributed by atoms with Crippen LogP contribution in [-0.2, 0) is 28.5 Å². The van der Waals surface area contributed by atoms with E-state index in [1.807, 2.05) is 18.2 Å². The SMILES string of the molecule is Cl.Cn1c(=O)c(Cc2ccc(C(=N)N)cn2)nc2cc(C3(NN4C(=O)OC(=O)C4C4CCCC4)CC3)ccc21. The molecule has 0 radical (unpaired) electrons. The van der Waals surface area contributed by atoms with Gasteiger partial charge in [0.15, 0.2) is 6.04 Å². The van der Waals surface area contributed by atoms with Crippen LogP contribution in [0, 0.1) is 11.3 Å². The molecule has 39 heavy (non-hydrogen) atoms. The molecule has 3 aromatic rings. The molecular weight excluding hydrogens is 522 g/mol. The maximum absolute atomic E-state index is 13.0. The highest BCUT2D eigenvalue weighted by Crippen LogP contribution is 2.47. The molecule has 2 saturated carbocycles. The van der Waals surface area contributed by atoms with Gasteiger partial charge in [0, 0.05) is 30.9 Å². The molecule has 204 valence electrons. The van der Waals surface area contributed by atoms with Crippen molar-refractivity contribution < 1.29 is 14.3 Å². The van der Waals surface area contributed by atoms with Gasteiger partial charge in [-0.1, -0.05) is 18.9 Å². The topological polar surface area (TPSA) is 156 Å². The number of halogens is 1. The van der Waals surface area contributed by atoms with Crippen LogP contribution < -0.4 is 16.7 Å². The molecule has 11 nitrogen and oxygen atoms in total. The van der Waals surface area contributed by atoms with E-state index in [0.29, 0.717) is 28.0 Å². The number of rotatable bonds is 7. The van der Waals surface area contributed by atoms with Crippen LogP contribution >= 0.6 is 12.4 Å². The molecule has 1 aromatic carbocycles. The van der Waals surface area contributed by atoms with Crippen LogP contribution in [0.15, 0.2) is 41.3 Å². The number of esters is 1. The quantitative estimate of drug-likeness (QED) is 0.175. The molecule has 6 rings (SSSR count). The van der Waals surface area contributed by atoms with Crippen LogP contribution in [0.3, 0.4) is 0 Å². The van der Waals surface area contributed by atoms with E-state index in [4.69, 9.17) is 20.9 Å². The number of hydrogen-bond donors (Lipinski definition) is 3. The van der Waals surface area contributed by atoms with E-state index in [2.05, 4.69) is 10.4 Å². The molecular formula is C27H30ClN7O4. The lowest BCUT2D eigenvalue weighted by atomic mass is 9.98. The first-order valence-corrected chi connectivity index (χ1v) is 12.9. The largest absolute Gasteiger partial charge is 0.432 e. The number of amides is 1. The molecule has 1 atom stereocenters. The summed E-state index contributed by atoms with van der Waals surface area (Å²) in [5, 5.41) is 8.93. The Morgan fingerprint density at radius 2 is 1.92 bits per heavy atom. The Morgan fingerprint density at radius 3 is 2.56 bits per heavy atom. The highest BCUT2D eigenvalue weighted by atomic mass is 35.5. The van der Waals surface area contributed by atoms with Crippen molar-refractivity contribution in [3.63, 3.8) is 0 Å². The lowest BCUT2D eigenvalue weighted by Crippen LogP contribution is -2.52. The maximum Gasteiger partial charge on any atom is 0.432 e. The van der Waals surface area contributed by atoms with Crippen molar-refractivity contribution in [1.82, 2.24) is 25.0 Å². The van der Waals surface area contributed by atoms with Gasteiger partial charge in [-0.2, -0.15) is 0 Å². The van der Waals surface area contributed by atoms with E-state index in [1.165, 1.54) is 11.2 Å². The Labute approximate surface area is 230 Å². The second-order valence-electron chi connectivity index (χ2n) is 10.5. The van der Waals surface area contributed by atoms with Crippen LogP contribution in [0.4, 0.5) is 4.79 Å². The summed E-state index contributed by atoms with van der Waals surface area (Å²) < 4.78 is 6.59. The van der Waals surface area contributed by atoms with E-state index < -0.39 is 23.6 Å². The number of carbonyl (C=O) groups is 2. The van der Waals surface area contributed by atoms with Gasteiger partial charge in [-0.15, -0.1) is 12.4 Å². The summed E-state index contributed by atoms with van der Waals surface area (Å²) in [6.07, 6.45) is 6.59. The van der Waals surface area contributed by atoms with Crippen molar-refractivity contribution in [3.05, 3.63) is 69.4 Å². The first-order valence-electron chi connectivity index (χ1n) is 12.9. The monoisotopic (exact) mass is 551 g/mol. The molecule has 3 aliphatic rings. The molecule has 3 fully saturated rings. The maximum atomic E-state index is 13.0. The van der Waals surface area contributed by atoms with Gasteiger partial charge < -0.3 is 15.0 Å². The number of amidine groups is 1. The second-order valence-corrected chi connectivity index (χ2v) is 10.5. The Bertz CT molecular complexity index is 1530. The summed E-state index contributed by atoms with van der Waals surface area (Å²) in [4.78, 5) is 47.2. The van der Waals surface area contributed by atoms with E-state index in [9.17, 15) is 14.4 Å². The molecule has 1 amide bonds. The number of nitrogens with zero attached hydrogens (tertiary/aromatic N) is 4. The molecule has 0 bridgehead atoms. The average Bonchev–Trinajstić information content (AvgIpc) is 3.38. The minimum atomic E-state index is -0.648. The molecule has 2 aliphatic carbocycles. The molecule has 1 saturated heterocycles. The number of hydrazine groups is 1. The van der Waals surface area contributed by atoms with E-state index in [1.54, 1.807) is 23.7 Å². The number of benzene rings is 1. The number of hydrogen-bond acceptors (Lipinski definition) is 8. The van der Waals surface area contributed by atoms with Crippen molar-refractivity contribution in [2.45, 2.75) is 56.5 Å². The van der Waals surface area contributed by atoms with Crippen molar-refractivity contribution in [2.24, 2.45) is 18.7 Å². The van der Waals surface area contributed by atoms with Crippen molar-refractivity contribution in [3.8, 4) is 0 Å². The summed E-state index contributed by atoms with van der Waals surface area (Å²) in [6.45, 7) is 0. The van der Waals surface area contributed by atoms with E-state index in [0.717, 1.165) is 44.1 Å². The van der Waals surface area contributed by atoms with Gasteiger partial charge in [0.2, 0.25) is 0 Å². The lowest BCUT2D eigenvalue weighted by molar-refractivity contribution is -0.137. The Morgan fingerprint density at radius 1 is 1.18 bits per heavy atom. The van der Waals surface area contributed by atoms with Gasteiger partial charge in [0.05, 0.1) is 16.6 Å². The first-order chi connectivity index (χ1) is 18.3. The fourth-order valence-electron chi connectivity index (χ4n) is 5.69. The zero-order valence-electron chi connectivity index (χ0n) is 21.5. The number of cyclic esters (lactones) is 2. The second kappa shape index (κ2) is 10.0. The predicted octanol–water partition coefficient (Wildman–Crippen LogP) is 2.66. The highest BCUT2D eigenvalue weighted by Gasteiger charge is 2.53. The fraction of sp³-hybridized carbons (Fsp3) is 0.407. The standard InChI is InChI=1S/C27H29N7O4.ClH/c1-33-21-9-7-17(12-19(21)31-20(24(33)35)13-18-8-6-16(14-30-18)23(28)29)27(10-11-27)32-34-22(15-4-2-3-5-15)25(36)38-26(34)37;/h6-9,12,14-15,22,32H,2-5,10-11,13H2,1H3,(H3,28,29);1H. The van der Waals surface area contributed by atoms with Crippen molar-refractivity contribution in [2.75, 3.05) is 0 Å². The van der Waals surface area contributed by atoms with Crippen LogP contribution in [0.2, 0.25) is 0 Å². The molecule has 12 heteroatoms. The number of aryl methyl sites for hydroxylation is 1. The minimum absolute atomic E-state index is 0. The van der Waals surface area contributed by atoms with Gasteiger partial charge in [-0.3, -0.25) is 15.2 Å². The zero-order valence-corrected chi connectivity index (χ0v) is 22.3. The summed E-state index contributed by atoms with van der Waals surface area (Å²) in [5.74, 6) is -0.444. The van der Waals surface area contributed by atoms with Gasteiger partial charge in [0.25, 0.3) is 5.56 Å². The molecule has 3 heterocycles. The normalized spacial score (nSPS) is 20.2. The van der Waals surface area contributed by atoms with E-state index >= 15 is 0 Å². The number of nitrogens with one attached hydrogen (secondary N) is 2. The third-order valence-electron chi connectivity index (χ3n) is 8.02. The summed E-state index contributed by atoms with van der Waals surface area (Å²) >= 11 is 0. The predicted molar refractivity (Wildman–Crippen MR) is 145 cm³/mol. The summed E-state index contributed by atoms with van der Waals surface area (Å²) in [5.41, 5.74) is 11.9. The Balaban J connectivity index is 0.00000308. The summed E-state index contributed by atoms with van der Waals surface area (Å²) in [7, 11) is 1.71. The van der Waals surface area contributed by atoms with Gasteiger partial charge in [-0.05, 0) is 61.4 Å². The van der Waals surface area contributed by atoms with E-state index in [-0.39, 0.29) is 36.1 Å². The van der Waals surface area contributed by atoms with Crippen LogP contribution in [0.5, 0.6) is 0 Å². The lowest BCUT2D eigenvalue weighted by Gasteiger charge is -2.30. The van der Waals surface area contributed by atoms with Gasteiger partial charge >= 0.3 is 12.1 Å². The zero-order chi connectivity index (χ0) is 26.6.